The number of carbonyl (C=O) groups excluding carboxylic acids is 2. The SMILES string of the molecule is O=C1C=CC(=O)C2=C1C=CC1OC=CC=C21. The number of fused-ring (bicyclic) bond motifs is 2. The Morgan fingerprint density at radius 1 is 1.06 bits per heavy atom. The Hall–Kier alpha value is -2.16. The van der Waals surface area contributed by atoms with Crippen LogP contribution in [0.3, 0.4) is 0 Å². The Balaban J connectivity index is 2.20. The quantitative estimate of drug-likeness (QED) is 0.570. The van der Waals surface area contributed by atoms with Crippen LogP contribution in [0.4, 0.5) is 0 Å². The molecule has 1 atom stereocenters. The minimum atomic E-state index is -0.244. The van der Waals surface area contributed by atoms with Crippen molar-refractivity contribution in [3.8, 4) is 0 Å². The highest BCUT2D eigenvalue weighted by Gasteiger charge is 2.31. The van der Waals surface area contributed by atoms with Crippen molar-refractivity contribution in [2.75, 3.05) is 0 Å². The second kappa shape index (κ2) is 3.17. The number of hydrogen-bond donors (Lipinski definition) is 0. The standard InChI is InChI=1S/C13H8O3/c14-10-4-5-11(15)13-8(10)3-6-12-9(13)2-1-7-16-12/h1-7,12H. The van der Waals surface area contributed by atoms with Crippen molar-refractivity contribution >= 4 is 11.6 Å². The molecule has 0 bridgehead atoms. The van der Waals surface area contributed by atoms with Gasteiger partial charge in [-0.2, -0.15) is 0 Å². The van der Waals surface area contributed by atoms with E-state index in [9.17, 15) is 9.59 Å². The molecule has 0 aromatic rings. The third-order valence-electron chi connectivity index (χ3n) is 2.78. The Kier molecular flexibility index (Phi) is 1.80. The van der Waals surface area contributed by atoms with Gasteiger partial charge in [-0.15, -0.1) is 0 Å². The van der Waals surface area contributed by atoms with E-state index >= 15 is 0 Å². The van der Waals surface area contributed by atoms with Crippen LogP contribution >= 0.6 is 0 Å². The average Bonchev–Trinajstić information content (AvgIpc) is 2.33. The second-order valence-electron chi connectivity index (χ2n) is 3.72. The smallest absolute Gasteiger partial charge is 0.187 e. The first-order valence-electron chi connectivity index (χ1n) is 4.99. The van der Waals surface area contributed by atoms with Crippen molar-refractivity contribution in [2.45, 2.75) is 6.10 Å². The maximum absolute atomic E-state index is 11.8. The lowest BCUT2D eigenvalue weighted by Gasteiger charge is -2.26. The number of allylic oxidation sites excluding steroid dienone is 6. The summed E-state index contributed by atoms with van der Waals surface area (Å²) in [6.07, 6.45) is 11.0. The van der Waals surface area contributed by atoms with Gasteiger partial charge < -0.3 is 4.74 Å². The minimum Gasteiger partial charge on any atom is -0.489 e. The number of ketones is 2. The van der Waals surface area contributed by atoms with E-state index in [0.29, 0.717) is 11.1 Å². The summed E-state index contributed by atoms with van der Waals surface area (Å²) in [4.78, 5) is 23.4. The molecule has 0 N–H and O–H groups in total. The van der Waals surface area contributed by atoms with E-state index in [4.69, 9.17) is 4.74 Å². The van der Waals surface area contributed by atoms with E-state index in [1.54, 1.807) is 24.5 Å². The van der Waals surface area contributed by atoms with Crippen LogP contribution in [0.2, 0.25) is 0 Å². The third kappa shape index (κ3) is 1.15. The Bertz CT molecular complexity index is 542. The fourth-order valence-corrected chi connectivity index (χ4v) is 2.04. The van der Waals surface area contributed by atoms with Gasteiger partial charge in [0.05, 0.1) is 6.26 Å². The Morgan fingerprint density at radius 2 is 1.88 bits per heavy atom. The molecular weight excluding hydrogens is 204 g/mol. The molecule has 3 heteroatoms. The molecule has 0 aromatic carbocycles. The summed E-state index contributed by atoms with van der Waals surface area (Å²) in [5.41, 5.74) is 1.71. The zero-order valence-electron chi connectivity index (χ0n) is 8.34. The van der Waals surface area contributed by atoms with E-state index in [2.05, 4.69) is 0 Å². The summed E-state index contributed by atoms with van der Waals surface area (Å²) in [7, 11) is 0. The normalized spacial score (nSPS) is 26.2. The van der Waals surface area contributed by atoms with Crippen molar-refractivity contribution in [1.29, 1.82) is 0 Å². The van der Waals surface area contributed by atoms with Crippen LogP contribution in [-0.2, 0) is 14.3 Å². The molecule has 0 saturated carbocycles. The summed E-state index contributed by atoms with van der Waals surface area (Å²) < 4.78 is 5.36. The fourth-order valence-electron chi connectivity index (χ4n) is 2.04. The molecule has 3 nitrogen and oxygen atoms in total. The molecule has 0 saturated heterocycles. The number of rotatable bonds is 0. The van der Waals surface area contributed by atoms with Gasteiger partial charge in [0.15, 0.2) is 11.6 Å². The summed E-state index contributed by atoms with van der Waals surface area (Å²) in [6, 6.07) is 0. The van der Waals surface area contributed by atoms with Gasteiger partial charge in [-0.25, -0.2) is 0 Å². The van der Waals surface area contributed by atoms with E-state index in [0.717, 1.165) is 5.57 Å². The van der Waals surface area contributed by atoms with Crippen LogP contribution in [0.5, 0.6) is 0 Å². The summed E-state index contributed by atoms with van der Waals surface area (Å²) in [6.45, 7) is 0. The predicted molar refractivity (Wildman–Crippen MR) is 57.4 cm³/mol. The molecule has 3 rings (SSSR count). The highest BCUT2D eigenvalue weighted by molar-refractivity contribution is 6.23. The summed E-state index contributed by atoms with van der Waals surface area (Å²) in [5, 5.41) is 0. The topological polar surface area (TPSA) is 43.4 Å². The first-order valence-corrected chi connectivity index (χ1v) is 4.99. The molecule has 78 valence electrons. The largest absolute Gasteiger partial charge is 0.489 e. The maximum Gasteiger partial charge on any atom is 0.187 e. The van der Waals surface area contributed by atoms with Crippen molar-refractivity contribution in [3.05, 3.63) is 59.4 Å². The maximum atomic E-state index is 11.8. The van der Waals surface area contributed by atoms with Gasteiger partial charge in [0.25, 0.3) is 0 Å². The van der Waals surface area contributed by atoms with Gasteiger partial charge >= 0.3 is 0 Å². The molecular formula is C13H8O3. The van der Waals surface area contributed by atoms with E-state index in [-0.39, 0.29) is 17.7 Å². The summed E-state index contributed by atoms with van der Waals surface area (Å²) >= 11 is 0. The lowest BCUT2D eigenvalue weighted by atomic mass is 9.82. The molecule has 3 aliphatic rings. The molecule has 1 aliphatic heterocycles. The highest BCUT2D eigenvalue weighted by atomic mass is 16.5. The van der Waals surface area contributed by atoms with Gasteiger partial charge in [-0.05, 0) is 24.3 Å². The van der Waals surface area contributed by atoms with Crippen molar-refractivity contribution in [2.24, 2.45) is 0 Å². The summed E-state index contributed by atoms with van der Waals surface area (Å²) in [5.74, 6) is -0.256. The second-order valence-corrected chi connectivity index (χ2v) is 3.72. The zero-order chi connectivity index (χ0) is 11.1. The molecule has 0 spiro atoms. The van der Waals surface area contributed by atoms with E-state index in [1.807, 2.05) is 6.08 Å². The van der Waals surface area contributed by atoms with Crippen LogP contribution < -0.4 is 0 Å². The van der Waals surface area contributed by atoms with Crippen LogP contribution in [-0.4, -0.2) is 17.7 Å². The zero-order valence-corrected chi connectivity index (χ0v) is 8.34. The van der Waals surface area contributed by atoms with Crippen LogP contribution in [0.1, 0.15) is 0 Å². The highest BCUT2D eigenvalue weighted by Crippen LogP contribution is 2.32. The first kappa shape index (κ1) is 9.09. The number of hydrogen-bond acceptors (Lipinski definition) is 3. The molecule has 2 aliphatic carbocycles. The van der Waals surface area contributed by atoms with Gasteiger partial charge in [-0.3, -0.25) is 9.59 Å². The molecule has 16 heavy (non-hydrogen) atoms. The van der Waals surface area contributed by atoms with Crippen LogP contribution in [0, 0.1) is 0 Å². The first-order chi connectivity index (χ1) is 7.77. The van der Waals surface area contributed by atoms with E-state index < -0.39 is 0 Å². The molecule has 1 unspecified atom stereocenters. The predicted octanol–water partition coefficient (Wildman–Crippen LogP) is 1.40. The van der Waals surface area contributed by atoms with Crippen molar-refractivity contribution in [3.63, 3.8) is 0 Å². The Morgan fingerprint density at radius 3 is 2.75 bits per heavy atom. The lowest BCUT2D eigenvalue weighted by Crippen LogP contribution is -2.25. The minimum absolute atomic E-state index is 0.125. The molecule has 0 amide bonds. The monoisotopic (exact) mass is 212 g/mol. The molecule has 0 fully saturated rings. The van der Waals surface area contributed by atoms with Crippen LogP contribution in [0.15, 0.2) is 59.4 Å². The number of ether oxygens (including phenoxy) is 1. The Labute approximate surface area is 92.1 Å². The van der Waals surface area contributed by atoms with Crippen molar-refractivity contribution in [1.82, 2.24) is 0 Å². The lowest BCUT2D eigenvalue weighted by molar-refractivity contribution is -0.115. The third-order valence-corrected chi connectivity index (χ3v) is 2.78. The molecule has 0 aromatic heterocycles. The molecule has 0 radical (unpaired) electrons. The van der Waals surface area contributed by atoms with E-state index in [1.165, 1.54) is 12.2 Å². The fraction of sp³-hybridized carbons (Fsp3) is 0.0769. The average molecular weight is 212 g/mol. The van der Waals surface area contributed by atoms with Crippen LogP contribution in [0.25, 0.3) is 0 Å². The van der Waals surface area contributed by atoms with Gasteiger partial charge in [0, 0.05) is 16.7 Å². The van der Waals surface area contributed by atoms with Gasteiger partial charge in [0.1, 0.15) is 6.10 Å². The molecule has 1 heterocycles. The van der Waals surface area contributed by atoms with Gasteiger partial charge in [0.2, 0.25) is 0 Å². The van der Waals surface area contributed by atoms with Crippen molar-refractivity contribution < 1.29 is 14.3 Å². The number of carbonyl (C=O) groups is 2. The van der Waals surface area contributed by atoms with Gasteiger partial charge in [-0.1, -0.05) is 12.2 Å².